The van der Waals surface area contributed by atoms with Crippen molar-refractivity contribution >= 4 is 17.7 Å². The van der Waals surface area contributed by atoms with Gasteiger partial charge in [-0.05, 0) is 31.1 Å². The number of carboxylic acids is 1. The van der Waals surface area contributed by atoms with E-state index in [0.717, 1.165) is 6.42 Å². The van der Waals surface area contributed by atoms with Crippen LogP contribution in [-0.2, 0) is 14.4 Å². The number of hydrogen-bond acceptors (Lipinski definition) is 3. The average molecular weight is 313 g/mol. The van der Waals surface area contributed by atoms with Gasteiger partial charge in [0.2, 0.25) is 5.78 Å². The Bertz CT molecular complexity index is 379. The number of carbonyl (C=O) groups is 3. The van der Waals surface area contributed by atoms with E-state index in [0.29, 0.717) is 31.1 Å². The summed E-state index contributed by atoms with van der Waals surface area (Å²) < 4.78 is 0. The lowest BCUT2D eigenvalue weighted by molar-refractivity contribution is -0.141. The van der Waals surface area contributed by atoms with Crippen molar-refractivity contribution in [1.82, 2.24) is 5.32 Å². The summed E-state index contributed by atoms with van der Waals surface area (Å²) in [7, 11) is 0. The molecule has 0 fully saturated rings. The van der Waals surface area contributed by atoms with Crippen molar-refractivity contribution in [1.29, 1.82) is 0 Å². The molecule has 0 aliphatic rings. The van der Waals surface area contributed by atoms with Crippen LogP contribution >= 0.6 is 0 Å². The minimum Gasteiger partial charge on any atom is -0.481 e. The van der Waals surface area contributed by atoms with Gasteiger partial charge in [0, 0.05) is 18.4 Å². The maximum atomic E-state index is 12.1. The molecule has 3 atom stereocenters. The molecule has 128 valence electrons. The largest absolute Gasteiger partial charge is 0.481 e. The van der Waals surface area contributed by atoms with Crippen molar-refractivity contribution in [2.24, 2.45) is 17.8 Å². The molecule has 0 saturated heterocycles. The van der Waals surface area contributed by atoms with Gasteiger partial charge in [-0.3, -0.25) is 14.4 Å². The molecule has 0 aromatic heterocycles. The number of carbonyl (C=O) groups excluding carboxylic acids is 2. The number of ketones is 1. The zero-order valence-electron chi connectivity index (χ0n) is 14.5. The molecule has 0 aromatic rings. The second kappa shape index (κ2) is 10.4. The van der Waals surface area contributed by atoms with Crippen LogP contribution in [0.4, 0.5) is 0 Å². The van der Waals surface area contributed by atoms with E-state index in [4.69, 9.17) is 5.11 Å². The van der Waals surface area contributed by atoms with Gasteiger partial charge in [-0.2, -0.15) is 0 Å². The Morgan fingerprint density at radius 1 is 1.05 bits per heavy atom. The Labute approximate surface area is 133 Å². The van der Waals surface area contributed by atoms with Gasteiger partial charge in [-0.1, -0.05) is 41.0 Å². The number of amides is 1. The molecule has 1 amide bonds. The first-order chi connectivity index (χ1) is 10.2. The van der Waals surface area contributed by atoms with Crippen LogP contribution in [0.3, 0.4) is 0 Å². The maximum absolute atomic E-state index is 12.1. The van der Waals surface area contributed by atoms with Crippen molar-refractivity contribution in [3.63, 3.8) is 0 Å². The third-order valence-electron chi connectivity index (χ3n) is 3.92. The average Bonchev–Trinajstić information content (AvgIpc) is 2.42. The van der Waals surface area contributed by atoms with Gasteiger partial charge in [-0.15, -0.1) is 0 Å². The third-order valence-corrected chi connectivity index (χ3v) is 3.92. The molecule has 0 aliphatic heterocycles. The first kappa shape index (κ1) is 20.6. The SMILES string of the molecule is CCC(C)CC(CCC(=O)O)NC(=O)C(=O)C(C)CC(C)C. The van der Waals surface area contributed by atoms with E-state index in [9.17, 15) is 14.4 Å². The Kier molecular flexibility index (Phi) is 9.70. The number of carboxylic acid groups (broad SMARTS) is 1. The number of hydrogen-bond donors (Lipinski definition) is 2. The van der Waals surface area contributed by atoms with Crippen molar-refractivity contribution in [2.45, 2.75) is 72.8 Å². The van der Waals surface area contributed by atoms with Gasteiger partial charge in [0.15, 0.2) is 0 Å². The van der Waals surface area contributed by atoms with E-state index in [1.807, 2.05) is 13.8 Å². The third kappa shape index (κ3) is 8.80. The molecule has 5 heteroatoms. The monoisotopic (exact) mass is 313 g/mol. The van der Waals surface area contributed by atoms with Crippen molar-refractivity contribution in [2.75, 3.05) is 0 Å². The fraction of sp³-hybridized carbons (Fsp3) is 0.824. The summed E-state index contributed by atoms with van der Waals surface area (Å²) in [6, 6.07) is -0.256. The highest BCUT2D eigenvalue weighted by atomic mass is 16.4. The molecule has 0 radical (unpaired) electrons. The summed E-state index contributed by atoms with van der Waals surface area (Å²) in [5, 5.41) is 11.5. The maximum Gasteiger partial charge on any atom is 0.303 e. The van der Waals surface area contributed by atoms with Gasteiger partial charge in [0.1, 0.15) is 0 Å². The molecule has 0 saturated carbocycles. The fourth-order valence-corrected chi connectivity index (χ4v) is 2.49. The highest BCUT2D eigenvalue weighted by Gasteiger charge is 2.25. The van der Waals surface area contributed by atoms with Crippen LogP contribution in [0.15, 0.2) is 0 Å². The summed E-state index contributed by atoms with van der Waals surface area (Å²) in [6.45, 7) is 9.91. The van der Waals surface area contributed by atoms with E-state index in [-0.39, 0.29) is 18.4 Å². The smallest absolute Gasteiger partial charge is 0.303 e. The lowest BCUT2D eigenvalue weighted by Gasteiger charge is -2.22. The standard InChI is InChI=1S/C17H31NO4/c1-6-12(4)10-14(7-8-15(19)20)18-17(22)16(21)13(5)9-11(2)3/h11-14H,6-10H2,1-5H3,(H,18,22)(H,19,20). The Morgan fingerprint density at radius 3 is 2.09 bits per heavy atom. The minimum absolute atomic E-state index is 0.00286. The van der Waals surface area contributed by atoms with E-state index in [1.165, 1.54) is 0 Å². The minimum atomic E-state index is -0.886. The van der Waals surface area contributed by atoms with Crippen molar-refractivity contribution in [3.05, 3.63) is 0 Å². The summed E-state index contributed by atoms with van der Waals surface area (Å²) in [5.74, 6) is -1.44. The highest BCUT2D eigenvalue weighted by Crippen LogP contribution is 2.15. The van der Waals surface area contributed by atoms with Gasteiger partial charge in [0.25, 0.3) is 5.91 Å². The Morgan fingerprint density at radius 2 is 1.64 bits per heavy atom. The van der Waals surface area contributed by atoms with E-state index in [1.54, 1.807) is 6.92 Å². The first-order valence-electron chi connectivity index (χ1n) is 8.23. The molecule has 0 bridgehead atoms. The summed E-state index contributed by atoms with van der Waals surface area (Å²) >= 11 is 0. The fourth-order valence-electron chi connectivity index (χ4n) is 2.49. The molecular formula is C17H31NO4. The molecule has 5 nitrogen and oxygen atoms in total. The number of aliphatic carboxylic acids is 1. The second-order valence-corrected chi connectivity index (χ2v) is 6.75. The molecule has 3 unspecified atom stereocenters. The first-order valence-corrected chi connectivity index (χ1v) is 8.23. The zero-order chi connectivity index (χ0) is 17.3. The number of rotatable bonds is 11. The van der Waals surface area contributed by atoms with Crippen LogP contribution in [0.25, 0.3) is 0 Å². The van der Waals surface area contributed by atoms with E-state index >= 15 is 0 Å². The molecule has 0 spiro atoms. The summed E-state index contributed by atoms with van der Waals surface area (Å²) in [4.78, 5) is 34.9. The molecule has 0 rings (SSSR count). The van der Waals surface area contributed by atoms with Crippen LogP contribution in [0.5, 0.6) is 0 Å². The van der Waals surface area contributed by atoms with Gasteiger partial charge in [-0.25, -0.2) is 0 Å². The molecular weight excluding hydrogens is 282 g/mol. The van der Waals surface area contributed by atoms with Crippen LogP contribution in [0, 0.1) is 17.8 Å². The van der Waals surface area contributed by atoms with E-state index < -0.39 is 17.7 Å². The molecule has 2 N–H and O–H groups in total. The quantitative estimate of drug-likeness (QED) is 0.574. The second-order valence-electron chi connectivity index (χ2n) is 6.75. The summed E-state index contributed by atoms with van der Waals surface area (Å²) in [5.41, 5.74) is 0. The van der Waals surface area contributed by atoms with Crippen molar-refractivity contribution < 1.29 is 19.5 Å². The topological polar surface area (TPSA) is 83.5 Å². The molecule has 0 aliphatic carbocycles. The van der Waals surface area contributed by atoms with E-state index in [2.05, 4.69) is 19.2 Å². The predicted molar refractivity (Wildman–Crippen MR) is 86.5 cm³/mol. The lowest BCUT2D eigenvalue weighted by atomic mass is 9.93. The van der Waals surface area contributed by atoms with Gasteiger partial charge in [0.05, 0.1) is 0 Å². The summed E-state index contributed by atoms with van der Waals surface area (Å²) in [6.07, 6.45) is 2.68. The predicted octanol–water partition coefficient (Wildman–Crippen LogP) is 3.02. The van der Waals surface area contributed by atoms with Crippen LogP contribution in [0.2, 0.25) is 0 Å². The van der Waals surface area contributed by atoms with Crippen LogP contribution in [-0.4, -0.2) is 28.8 Å². The molecule has 0 heterocycles. The Hall–Kier alpha value is -1.39. The molecule has 0 aromatic carbocycles. The lowest BCUT2D eigenvalue weighted by Crippen LogP contribution is -2.42. The number of Topliss-reactive ketones (excluding diaryl/α,β-unsaturated/α-hetero) is 1. The zero-order valence-corrected chi connectivity index (χ0v) is 14.5. The number of nitrogens with one attached hydrogen (secondary N) is 1. The van der Waals surface area contributed by atoms with Gasteiger partial charge < -0.3 is 10.4 Å². The Balaban J connectivity index is 4.64. The van der Waals surface area contributed by atoms with Crippen molar-refractivity contribution in [3.8, 4) is 0 Å². The van der Waals surface area contributed by atoms with Crippen LogP contribution in [0.1, 0.15) is 66.7 Å². The normalized spacial score (nSPS) is 15.2. The highest BCUT2D eigenvalue weighted by molar-refractivity contribution is 6.36. The van der Waals surface area contributed by atoms with Crippen LogP contribution < -0.4 is 5.32 Å². The molecule has 22 heavy (non-hydrogen) atoms. The van der Waals surface area contributed by atoms with Gasteiger partial charge >= 0.3 is 5.97 Å².